The van der Waals surface area contributed by atoms with Crippen LogP contribution in [0, 0.1) is 10.8 Å². The largest absolute Gasteiger partial charge is 0.383 e. The molecule has 2 saturated heterocycles. The summed E-state index contributed by atoms with van der Waals surface area (Å²) in [6.45, 7) is 10.9. The molecule has 5 heterocycles. The van der Waals surface area contributed by atoms with Gasteiger partial charge in [-0.25, -0.2) is 19.3 Å². The number of anilines is 3. The van der Waals surface area contributed by atoms with E-state index in [1.165, 1.54) is 44.5 Å². The molecule has 4 aromatic rings. The van der Waals surface area contributed by atoms with Crippen LogP contribution >= 0.6 is 0 Å². The highest BCUT2D eigenvalue weighted by Gasteiger charge is 2.61. The molecule has 0 bridgehead atoms. The van der Waals surface area contributed by atoms with Gasteiger partial charge in [0.1, 0.15) is 11.0 Å². The van der Waals surface area contributed by atoms with Crippen molar-refractivity contribution in [2.45, 2.75) is 76.9 Å². The van der Waals surface area contributed by atoms with Crippen molar-refractivity contribution in [3.8, 4) is 5.82 Å². The molecule has 2 aliphatic carbocycles. The first-order chi connectivity index (χ1) is 22.8. The molecule has 10 heteroatoms. The number of benzene rings is 1. The van der Waals surface area contributed by atoms with Crippen LogP contribution in [-0.4, -0.2) is 67.5 Å². The molecule has 3 aromatic heterocycles. The maximum atomic E-state index is 13.6. The number of nitrogens with zero attached hydrogens (tertiary/aromatic N) is 7. The van der Waals surface area contributed by atoms with Gasteiger partial charge >= 0.3 is 0 Å². The first-order valence-corrected chi connectivity index (χ1v) is 17.4. The van der Waals surface area contributed by atoms with Crippen LogP contribution in [0.5, 0.6) is 0 Å². The highest BCUT2D eigenvalue weighted by Crippen LogP contribution is 2.64. The van der Waals surface area contributed by atoms with E-state index in [0.29, 0.717) is 34.6 Å². The van der Waals surface area contributed by atoms with Crippen molar-refractivity contribution in [2.24, 2.45) is 10.8 Å². The summed E-state index contributed by atoms with van der Waals surface area (Å²) in [6.07, 6.45) is 13.0. The number of fused-ring (bicyclic) bond motifs is 2. The van der Waals surface area contributed by atoms with E-state index in [4.69, 9.17) is 9.97 Å². The molecule has 2 N–H and O–H groups in total. The number of pyridine rings is 1. The molecule has 0 radical (unpaired) electrons. The Morgan fingerprint density at radius 2 is 1.68 bits per heavy atom. The maximum absolute atomic E-state index is 13.6. The molecule has 47 heavy (non-hydrogen) atoms. The van der Waals surface area contributed by atoms with Gasteiger partial charge in [0.25, 0.3) is 5.56 Å². The third-order valence-corrected chi connectivity index (χ3v) is 12.0. The van der Waals surface area contributed by atoms with Gasteiger partial charge in [-0.3, -0.25) is 4.79 Å². The zero-order valence-corrected chi connectivity index (χ0v) is 27.7. The van der Waals surface area contributed by atoms with Crippen LogP contribution in [0.15, 0.2) is 60.0 Å². The maximum Gasteiger partial charge on any atom is 0.278 e. The fourth-order valence-corrected chi connectivity index (χ4v) is 8.67. The minimum absolute atomic E-state index is 0.0857. The predicted octanol–water partition coefficient (Wildman–Crippen LogP) is 5.54. The SMILES string of the molecule is C=CCn1c(=O)c2cnc(Nc3ccc(N4CCC5(CCN(C)CC5)CC4)cc3)nc2n1-c1ccc2c(n1)C(O)(CC)C1(CC2)CC1. The highest BCUT2D eigenvalue weighted by atomic mass is 16.3. The van der Waals surface area contributed by atoms with Crippen molar-refractivity contribution in [1.82, 2.24) is 29.2 Å². The van der Waals surface area contributed by atoms with Crippen LogP contribution in [0.1, 0.15) is 69.5 Å². The van der Waals surface area contributed by atoms with Crippen LogP contribution in [-0.2, 0) is 18.6 Å². The summed E-state index contributed by atoms with van der Waals surface area (Å²) < 4.78 is 3.35. The van der Waals surface area contributed by atoms with Gasteiger partial charge < -0.3 is 20.2 Å². The van der Waals surface area contributed by atoms with Gasteiger partial charge in [-0.2, -0.15) is 4.98 Å². The first kappa shape index (κ1) is 30.3. The smallest absolute Gasteiger partial charge is 0.278 e. The topological polar surface area (TPSA) is 104 Å². The number of hydrogen-bond donors (Lipinski definition) is 2. The molecule has 1 aromatic carbocycles. The van der Waals surface area contributed by atoms with Crippen molar-refractivity contribution in [1.29, 1.82) is 0 Å². The first-order valence-electron chi connectivity index (χ1n) is 17.4. The van der Waals surface area contributed by atoms with E-state index in [0.717, 1.165) is 55.7 Å². The zero-order chi connectivity index (χ0) is 32.4. The molecule has 1 atom stereocenters. The molecular weight excluding hydrogens is 588 g/mol. The molecule has 2 aliphatic heterocycles. The van der Waals surface area contributed by atoms with Gasteiger partial charge in [0.15, 0.2) is 11.5 Å². The number of aliphatic hydroxyl groups is 1. The fraction of sp³-hybridized carbons (Fsp3) is 0.514. The van der Waals surface area contributed by atoms with Gasteiger partial charge in [0.05, 0.1) is 12.2 Å². The van der Waals surface area contributed by atoms with E-state index < -0.39 is 5.60 Å². The monoisotopic (exact) mass is 634 g/mol. The summed E-state index contributed by atoms with van der Waals surface area (Å²) in [5.74, 6) is 0.955. The molecule has 3 fully saturated rings. The number of hydrogen-bond acceptors (Lipinski definition) is 8. The van der Waals surface area contributed by atoms with Crippen molar-refractivity contribution in [3.05, 3.63) is 76.9 Å². The Labute approximate surface area is 276 Å². The lowest BCUT2D eigenvalue weighted by molar-refractivity contribution is -0.0580. The number of aromatic nitrogens is 5. The van der Waals surface area contributed by atoms with Crippen LogP contribution in [0.4, 0.5) is 17.3 Å². The minimum Gasteiger partial charge on any atom is -0.383 e. The Balaban J connectivity index is 1.07. The van der Waals surface area contributed by atoms with Crippen LogP contribution in [0.25, 0.3) is 16.9 Å². The Hall–Kier alpha value is -4.02. The fourth-order valence-electron chi connectivity index (χ4n) is 8.67. The summed E-state index contributed by atoms with van der Waals surface area (Å²) in [6, 6.07) is 12.5. The van der Waals surface area contributed by atoms with E-state index in [1.54, 1.807) is 21.6 Å². The predicted molar refractivity (Wildman–Crippen MR) is 186 cm³/mol. The summed E-state index contributed by atoms with van der Waals surface area (Å²) in [5, 5.41) is 15.7. The van der Waals surface area contributed by atoms with Crippen LogP contribution in [0.3, 0.4) is 0 Å². The molecular formula is C37H46N8O2. The number of likely N-dealkylation sites (tertiary alicyclic amines) is 1. The Morgan fingerprint density at radius 1 is 0.957 bits per heavy atom. The summed E-state index contributed by atoms with van der Waals surface area (Å²) in [7, 11) is 2.24. The minimum atomic E-state index is -0.973. The molecule has 2 spiro atoms. The number of nitrogens with one attached hydrogen (secondary N) is 1. The second-order valence-corrected chi connectivity index (χ2v) is 14.6. The Morgan fingerprint density at radius 3 is 2.36 bits per heavy atom. The average molecular weight is 635 g/mol. The van der Waals surface area contributed by atoms with Crippen molar-refractivity contribution in [3.63, 3.8) is 0 Å². The number of rotatable bonds is 7. The lowest BCUT2D eigenvalue weighted by atomic mass is 9.70. The highest BCUT2D eigenvalue weighted by molar-refractivity contribution is 5.77. The Bertz CT molecular complexity index is 1870. The lowest BCUT2D eigenvalue weighted by Gasteiger charge is -2.46. The van der Waals surface area contributed by atoms with Crippen LogP contribution in [0.2, 0.25) is 0 Å². The summed E-state index contributed by atoms with van der Waals surface area (Å²) >= 11 is 0. The molecule has 10 nitrogen and oxygen atoms in total. The van der Waals surface area contributed by atoms with Gasteiger partial charge in [-0.05, 0) is 119 Å². The molecule has 0 amide bonds. The van der Waals surface area contributed by atoms with Crippen molar-refractivity contribution in [2.75, 3.05) is 43.4 Å². The van der Waals surface area contributed by atoms with E-state index >= 15 is 0 Å². The average Bonchev–Trinajstić information content (AvgIpc) is 3.84. The quantitative estimate of drug-likeness (QED) is 0.256. The van der Waals surface area contributed by atoms with Gasteiger partial charge in [-0.15, -0.1) is 6.58 Å². The summed E-state index contributed by atoms with van der Waals surface area (Å²) in [4.78, 5) is 33.0. The molecule has 246 valence electrons. The normalized spacial score (nSPS) is 23.3. The third-order valence-electron chi connectivity index (χ3n) is 12.0. The van der Waals surface area contributed by atoms with E-state index in [2.05, 4.69) is 64.1 Å². The number of aryl methyl sites for hydroxylation is 1. The molecule has 4 aliphatic rings. The molecule has 8 rings (SSSR count). The number of allylic oxidation sites excluding steroid dienone is 1. The lowest BCUT2D eigenvalue weighted by Crippen LogP contribution is -2.46. The van der Waals surface area contributed by atoms with Gasteiger partial charge in [0, 0.05) is 36.1 Å². The van der Waals surface area contributed by atoms with Crippen molar-refractivity contribution >= 4 is 28.4 Å². The third kappa shape index (κ3) is 4.99. The Kier molecular flexibility index (Phi) is 7.29. The van der Waals surface area contributed by atoms with E-state index in [-0.39, 0.29) is 17.5 Å². The zero-order valence-electron chi connectivity index (χ0n) is 27.7. The molecule has 1 saturated carbocycles. The second kappa shape index (κ2) is 11.3. The van der Waals surface area contributed by atoms with Gasteiger partial charge in [-0.1, -0.05) is 19.1 Å². The van der Waals surface area contributed by atoms with Gasteiger partial charge in [0.2, 0.25) is 5.95 Å². The second-order valence-electron chi connectivity index (χ2n) is 14.6. The van der Waals surface area contributed by atoms with E-state index in [9.17, 15) is 9.90 Å². The molecule has 1 unspecified atom stereocenters. The van der Waals surface area contributed by atoms with Crippen molar-refractivity contribution < 1.29 is 5.11 Å². The van der Waals surface area contributed by atoms with Crippen LogP contribution < -0.4 is 15.8 Å². The standard InChI is InChI=1S/C37H46N8O2/c1-4-20-44-33(46)29-25-38-34(39-27-7-9-28(10-8-27)43-23-18-35(19-24-43)16-21-42(3)22-17-35)41-32(29)45(44)30-11-6-26-12-13-36(14-15-36)37(47,5-2)31(26)40-30/h4,6-11,25,47H,1,5,12-24H2,2-3H3,(H,38,39,41). The number of piperidine rings is 2. The van der Waals surface area contributed by atoms with E-state index in [1.807, 2.05) is 13.0 Å². The summed E-state index contributed by atoms with van der Waals surface area (Å²) in [5.41, 5.74) is 3.66.